The number of rotatable bonds is 5. The summed E-state index contributed by atoms with van der Waals surface area (Å²) < 4.78 is 11.2. The highest BCUT2D eigenvalue weighted by Crippen LogP contribution is 2.68. The molecule has 5 heteroatoms. The molecule has 1 saturated carbocycles. The van der Waals surface area contributed by atoms with Gasteiger partial charge in [-0.2, -0.15) is 0 Å². The van der Waals surface area contributed by atoms with E-state index in [0.29, 0.717) is 12.2 Å². The average molecular weight is 436 g/mol. The number of benzene rings is 1. The minimum Gasteiger partial charge on any atom is -0.469 e. The number of fused-ring (bicyclic) bond motifs is 2. The van der Waals surface area contributed by atoms with Gasteiger partial charge >= 0.3 is 5.97 Å². The maximum atomic E-state index is 14.2. The van der Waals surface area contributed by atoms with Gasteiger partial charge in [-0.1, -0.05) is 38.1 Å². The summed E-state index contributed by atoms with van der Waals surface area (Å²) in [5.41, 5.74) is 1.22. The highest BCUT2D eigenvalue weighted by Gasteiger charge is 2.74. The molecule has 0 N–H and O–H groups in total. The van der Waals surface area contributed by atoms with Crippen molar-refractivity contribution in [3.8, 4) is 0 Å². The third kappa shape index (κ3) is 2.49. The fourth-order valence-electron chi connectivity index (χ4n) is 7.44. The summed E-state index contributed by atoms with van der Waals surface area (Å²) in [6.45, 7) is 8.56. The molecule has 0 spiro atoms. The van der Waals surface area contributed by atoms with E-state index in [2.05, 4.69) is 50.1 Å². The highest BCUT2D eigenvalue weighted by atomic mass is 16.5. The predicted molar refractivity (Wildman–Crippen MR) is 121 cm³/mol. The van der Waals surface area contributed by atoms with Crippen LogP contribution in [0.25, 0.3) is 0 Å². The van der Waals surface area contributed by atoms with Gasteiger partial charge in [-0.05, 0) is 68.8 Å². The highest BCUT2D eigenvalue weighted by molar-refractivity contribution is 6.08. The molecule has 5 nitrogen and oxygen atoms in total. The van der Waals surface area contributed by atoms with Crippen LogP contribution >= 0.6 is 0 Å². The molecule has 3 heterocycles. The summed E-state index contributed by atoms with van der Waals surface area (Å²) in [7, 11) is 2.10. The van der Waals surface area contributed by atoms with Crippen LogP contribution in [0.4, 0.5) is 0 Å². The molecular formula is C27H33NO4. The van der Waals surface area contributed by atoms with Gasteiger partial charge in [0.05, 0.1) is 18.8 Å². The molecular weight excluding hydrogens is 402 g/mol. The van der Waals surface area contributed by atoms with Crippen molar-refractivity contribution in [1.29, 1.82) is 0 Å². The first-order valence-corrected chi connectivity index (χ1v) is 11.8. The fourth-order valence-corrected chi connectivity index (χ4v) is 7.44. The maximum absolute atomic E-state index is 14.2. The first-order chi connectivity index (χ1) is 15.2. The van der Waals surface area contributed by atoms with Gasteiger partial charge in [0.25, 0.3) is 0 Å². The molecule has 6 unspecified atom stereocenters. The van der Waals surface area contributed by atoms with E-state index in [1.54, 1.807) is 12.3 Å². The number of esters is 1. The lowest BCUT2D eigenvalue weighted by Gasteiger charge is -2.71. The molecule has 6 rings (SSSR count). The van der Waals surface area contributed by atoms with Crippen LogP contribution in [-0.2, 0) is 26.2 Å². The van der Waals surface area contributed by atoms with Crippen molar-refractivity contribution in [2.45, 2.75) is 70.4 Å². The zero-order chi connectivity index (χ0) is 22.9. The van der Waals surface area contributed by atoms with Crippen LogP contribution in [0.1, 0.15) is 63.3 Å². The fraction of sp³-hybridized carbons (Fsp3) is 0.556. The summed E-state index contributed by atoms with van der Waals surface area (Å²) >= 11 is 0. The molecule has 170 valence electrons. The number of ketones is 1. The standard InChI is InChI=1S/C27H33NO4/c1-6-31-24(30)27(23(29)17(2)20-12-9-13-32-20)16-26(4)21-14-18-10-7-8-11-19(18)25(26,3)15-22(27)28(21)5/h7-13,17,21-22H,6,14-16H2,1-5H3. The number of carbonyl (C=O) groups is 2. The topological polar surface area (TPSA) is 59.8 Å². The van der Waals surface area contributed by atoms with E-state index in [9.17, 15) is 9.59 Å². The monoisotopic (exact) mass is 435 g/mol. The summed E-state index contributed by atoms with van der Waals surface area (Å²) in [6, 6.07) is 12.4. The van der Waals surface area contributed by atoms with Gasteiger partial charge in [0, 0.05) is 17.5 Å². The van der Waals surface area contributed by atoms with Gasteiger partial charge in [-0.25, -0.2) is 0 Å². The van der Waals surface area contributed by atoms with Crippen molar-refractivity contribution >= 4 is 11.8 Å². The minimum atomic E-state index is -1.20. The number of ether oxygens (including phenoxy) is 1. The Morgan fingerprint density at radius 2 is 1.94 bits per heavy atom. The van der Waals surface area contributed by atoms with Crippen LogP contribution < -0.4 is 0 Å². The number of furan rings is 1. The van der Waals surface area contributed by atoms with Crippen molar-refractivity contribution in [3.05, 3.63) is 59.5 Å². The Morgan fingerprint density at radius 1 is 1.19 bits per heavy atom. The Balaban J connectivity index is 1.66. The minimum absolute atomic E-state index is 0.0802. The second kappa shape index (κ2) is 7.05. The Morgan fingerprint density at radius 3 is 2.62 bits per heavy atom. The number of nitrogens with zero attached hydrogens (tertiary/aromatic N) is 1. The molecule has 2 aliphatic carbocycles. The van der Waals surface area contributed by atoms with E-state index >= 15 is 0 Å². The lowest BCUT2D eigenvalue weighted by atomic mass is 9.38. The van der Waals surface area contributed by atoms with E-state index in [1.165, 1.54) is 11.1 Å². The van der Waals surface area contributed by atoms with Gasteiger partial charge in [-0.15, -0.1) is 0 Å². The normalized spacial score (nSPS) is 36.4. The molecule has 1 aromatic carbocycles. The van der Waals surface area contributed by atoms with Crippen molar-refractivity contribution in [2.75, 3.05) is 13.7 Å². The first-order valence-electron chi connectivity index (χ1n) is 11.8. The predicted octanol–water partition coefficient (Wildman–Crippen LogP) is 4.50. The molecule has 6 atom stereocenters. The number of hydrogen-bond donors (Lipinski definition) is 0. The average Bonchev–Trinajstić information content (AvgIpc) is 3.31. The second-order valence-corrected chi connectivity index (χ2v) is 10.5. The van der Waals surface area contributed by atoms with Crippen molar-refractivity contribution in [2.24, 2.45) is 10.8 Å². The van der Waals surface area contributed by atoms with E-state index in [-0.39, 0.29) is 41.3 Å². The number of likely N-dealkylation sites (N-methyl/N-ethyl adjacent to an activating group) is 1. The molecule has 0 amide bonds. The van der Waals surface area contributed by atoms with Crippen LogP contribution in [0.15, 0.2) is 47.1 Å². The van der Waals surface area contributed by atoms with E-state index in [1.807, 2.05) is 19.9 Å². The molecule has 2 aromatic rings. The lowest BCUT2D eigenvalue weighted by molar-refractivity contribution is -0.208. The summed E-state index contributed by atoms with van der Waals surface area (Å²) in [5.74, 6) is -0.362. The molecule has 4 aliphatic rings. The molecule has 32 heavy (non-hydrogen) atoms. The van der Waals surface area contributed by atoms with Crippen molar-refractivity contribution in [1.82, 2.24) is 4.90 Å². The Bertz CT molecular complexity index is 1060. The van der Waals surface area contributed by atoms with Crippen molar-refractivity contribution in [3.63, 3.8) is 0 Å². The van der Waals surface area contributed by atoms with Crippen LogP contribution in [0.3, 0.4) is 0 Å². The van der Waals surface area contributed by atoms with Gasteiger partial charge in [0.1, 0.15) is 11.2 Å². The SMILES string of the molecule is CCOC(=O)C1(C(=O)C(C)c2ccco2)CC2(C)C3Cc4ccccc4C2(C)CC1N3C. The van der Waals surface area contributed by atoms with Crippen molar-refractivity contribution < 1.29 is 18.7 Å². The quantitative estimate of drug-likeness (QED) is 0.511. The first kappa shape index (κ1) is 21.4. The summed E-state index contributed by atoms with van der Waals surface area (Å²) in [4.78, 5) is 30.2. The zero-order valence-corrected chi connectivity index (χ0v) is 19.7. The van der Waals surface area contributed by atoms with Crippen LogP contribution in [0, 0.1) is 10.8 Å². The van der Waals surface area contributed by atoms with E-state index in [4.69, 9.17) is 9.15 Å². The number of carbonyl (C=O) groups excluding carboxylic acids is 2. The zero-order valence-electron chi connectivity index (χ0n) is 19.7. The van der Waals surface area contributed by atoms with Crippen LogP contribution in [-0.4, -0.2) is 42.4 Å². The van der Waals surface area contributed by atoms with Crippen LogP contribution in [0.5, 0.6) is 0 Å². The Labute approximate surface area is 190 Å². The van der Waals surface area contributed by atoms with Gasteiger partial charge < -0.3 is 9.15 Å². The lowest BCUT2D eigenvalue weighted by Crippen LogP contribution is -2.78. The van der Waals surface area contributed by atoms with Gasteiger partial charge in [0.2, 0.25) is 0 Å². The molecule has 1 aromatic heterocycles. The van der Waals surface area contributed by atoms with Gasteiger partial charge in [-0.3, -0.25) is 14.5 Å². The van der Waals surface area contributed by atoms with E-state index in [0.717, 1.165) is 12.8 Å². The third-order valence-corrected chi connectivity index (χ3v) is 9.26. The Kier molecular flexibility index (Phi) is 4.72. The summed E-state index contributed by atoms with van der Waals surface area (Å²) in [6.07, 6.45) is 3.78. The largest absolute Gasteiger partial charge is 0.469 e. The van der Waals surface area contributed by atoms with E-state index < -0.39 is 11.3 Å². The summed E-state index contributed by atoms with van der Waals surface area (Å²) in [5, 5.41) is 0. The maximum Gasteiger partial charge on any atom is 0.321 e. The van der Waals surface area contributed by atoms with Crippen LogP contribution in [0.2, 0.25) is 0 Å². The number of hydrogen-bond acceptors (Lipinski definition) is 5. The molecule has 0 radical (unpaired) electrons. The smallest absolute Gasteiger partial charge is 0.321 e. The van der Waals surface area contributed by atoms with Gasteiger partial charge in [0.15, 0.2) is 5.78 Å². The molecule has 3 fully saturated rings. The molecule has 2 saturated heterocycles. The Hall–Kier alpha value is -2.40. The number of piperidine rings is 2. The second-order valence-electron chi connectivity index (χ2n) is 10.5. The third-order valence-electron chi connectivity index (χ3n) is 9.26. The molecule has 2 aliphatic heterocycles. The number of Topliss-reactive ketones (excluding diaryl/α,β-unsaturated/α-hetero) is 1. The molecule has 4 bridgehead atoms.